The van der Waals surface area contributed by atoms with Crippen molar-refractivity contribution in [1.29, 1.82) is 0 Å². The summed E-state index contributed by atoms with van der Waals surface area (Å²) in [5.41, 5.74) is -0.864. The van der Waals surface area contributed by atoms with E-state index in [0.717, 1.165) is 18.2 Å². The van der Waals surface area contributed by atoms with Crippen LogP contribution in [-0.4, -0.2) is 23.5 Å². The molecule has 2 N–H and O–H groups in total. The molecule has 1 aromatic carbocycles. The lowest BCUT2D eigenvalue weighted by atomic mass is 9.94. The SMILES string of the molecule is CC(C)(CNC(=O)C1CC1c1cc(F)ccc1F)C(=O)O. The quantitative estimate of drug-likeness (QED) is 0.876. The molecular weight excluding hydrogens is 280 g/mol. The number of carboxylic acid groups (broad SMARTS) is 1. The van der Waals surface area contributed by atoms with E-state index in [1.54, 1.807) is 0 Å². The normalized spacial score (nSPS) is 21.0. The molecule has 1 aliphatic rings. The maximum absolute atomic E-state index is 13.6. The summed E-state index contributed by atoms with van der Waals surface area (Å²) >= 11 is 0. The summed E-state index contributed by atoms with van der Waals surface area (Å²) < 4.78 is 26.7. The number of aliphatic carboxylic acids is 1. The molecule has 0 aliphatic heterocycles. The zero-order valence-electron chi connectivity index (χ0n) is 11.8. The summed E-state index contributed by atoms with van der Waals surface area (Å²) in [7, 11) is 0. The number of halogens is 2. The molecular formula is C15H17F2NO3. The molecule has 1 fully saturated rings. The second-order valence-electron chi connectivity index (χ2n) is 6.02. The van der Waals surface area contributed by atoms with Gasteiger partial charge < -0.3 is 10.4 Å². The second-order valence-corrected chi connectivity index (χ2v) is 6.02. The van der Waals surface area contributed by atoms with Gasteiger partial charge >= 0.3 is 5.97 Å². The van der Waals surface area contributed by atoms with Crippen molar-refractivity contribution in [2.45, 2.75) is 26.2 Å². The van der Waals surface area contributed by atoms with E-state index < -0.39 is 28.9 Å². The Hall–Kier alpha value is -1.98. The number of carbonyl (C=O) groups is 2. The van der Waals surface area contributed by atoms with Crippen LogP contribution in [0.4, 0.5) is 8.78 Å². The number of benzene rings is 1. The van der Waals surface area contributed by atoms with Crippen LogP contribution < -0.4 is 5.32 Å². The van der Waals surface area contributed by atoms with Crippen LogP contribution >= 0.6 is 0 Å². The van der Waals surface area contributed by atoms with Gasteiger partial charge in [-0.05, 0) is 49.9 Å². The van der Waals surface area contributed by atoms with Crippen LogP contribution in [0.25, 0.3) is 0 Å². The van der Waals surface area contributed by atoms with E-state index in [0.29, 0.717) is 6.42 Å². The first-order valence-corrected chi connectivity index (χ1v) is 6.68. The van der Waals surface area contributed by atoms with Gasteiger partial charge in [0.05, 0.1) is 5.41 Å². The maximum Gasteiger partial charge on any atom is 0.310 e. The van der Waals surface area contributed by atoms with Gasteiger partial charge in [0, 0.05) is 12.5 Å². The molecule has 0 saturated heterocycles. The molecule has 0 heterocycles. The number of nitrogens with one attached hydrogen (secondary N) is 1. The Balaban J connectivity index is 1.95. The van der Waals surface area contributed by atoms with Crippen LogP contribution in [0.1, 0.15) is 31.7 Å². The maximum atomic E-state index is 13.6. The van der Waals surface area contributed by atoms with Crippen molar-refractivity contribution in [2.75, 3.05) is 6.54 Å². The molecule has 0 aromatic heterocycles. The Morgan fingerprint density at radius 2 is 2.05 bits per heavy atom. The summed E-state index contributed by atoms with van der Waals surface area (Å²) in [6, 6.07) is 3.19. The van der Waals surface area contributed by atoms with Gasteiger partial charge in [-0.25, -0.2) is 8.78 Å². The fraction of sp³-hybridized carbons (Fsp3) is 0.467. The molecule has 114 valence electrons. The van der Waals surface area contributed by atoms with Crippen molar-refractivity contribution in [3.8, 4) is 0 Å². The minimum atomic E-state index is -1.07. The lowest BCUT2D eigenvalue weighted by Gasteiger charge is -2.19. The summed E-state index contributed by atoms with van der Waals surface area (Å²) in [4.78, 5) is 22.9. The highest BCUT2D eigenvalue weighted by Crippen LogP contribution is 2.48. The topological polar surface area (TPSA) is 66.4 Å². The molecule has 1 saturated carbocycles. The fourth-order valence-corrected chi connectivity index (χ4v) is 2.14. The van der Waals surface area contributed by atoms with Gasteiger partial charge in [0.1, 0.15) is 11.6 Å². The average molecular weight is 297 g/mol. The molecule has 0 radical (unpaired) electrons. The lowest BCUT2D eigenvalue weighted by molar-refractivity contribution is -0.146. The molecule has 0 spiro atoms. The Labute approximate surface area is 121 Å². The van der Waals surface area contributed by atoms with Crippen molar-refractivity contribution in [2.24, 2.45) is 11.3 Å². The Bertz CT molecular complexity index is 586. The van der Waals surface area contributed by atoms with Crippen molar-refractivity contribution < 1.29 is 23.5 Å². The number of hydrogen-bond donors (Lipinski definition) is 2. The third-order valence-corrected chi connectivity index (χ3v) is 3.77. The van der Waals surface area contributed by atoms with Crippen LogP contribution in [0.5, 0.6) is 0 Å². The van der Waals surface area contributed by atoms with E-state index >= 15 is 0 Å². The standard InChI is InChI=1S/C15H17F2NO3/c1-15(2,14(20)21)7-18-13(19)11-6-9(11)10-5-8(16)3-4-12(10)17/h3-5,9,11H,6-7H2,1-2H3,(H,18,19)(H,20,21). The molecule has 1 aliphatic carbocycles. The number of carbonyl (C=O) groups excluding carboxylic acids is 1. The zero-order chi connectivity index (χ0) is 15.8. The van der Waals surface area contributed by atoms with Crippen LogP contribution in [-0.2, 0) is 9.59 Å². The largest absolute Gasteiger partial charge is 0.481 e. The van der Waals surface area contributed by atoms with E-state index in [4.69, 9.17) is 5.11 Å². The fourth-order valence-electron chi connectivity index (χ4n) is 2.14. The summed E-state index contributed by atoms with van der Waals surface area (Å²) in [5.74, 6) is -3.16. The van der Waals surface area contributed by atoms with Gasteiger partial charge in [0.2, 0.25) is 5.91 Å². The molecule has 21 heavy (non-hydrogen) atoms. The van der Waals surface area contributed by atoms with Crippen LogP contribution in [0.15, 0.2) is 18.2 Å². The number of hydrogen-bond acceptors (Lipinski definition) is 2. The second kappa shape index (κ2) is 5.42. The molecule has 6 heteroatoms. The monoisotopic (exact) mass is 297 g/mol. The highest BCUT2D eigenvalue weighted by molar-refractivity contribution is 5.84. The molecule has 1 aromatic rings. The third kappa shape index (κ3) is 3.37. The predicted octanol–water partition coefficient (Wildman–Crippen LogP) is 2.30. The molecule has 2 unspecified atom stereocenters. The van der Waals surface area contributed by atoms with E-state index in [1.165, 1.54) is 13.8 Å². The van der Waals surface area contributed by atoms with E-state index in [2.05, 4.69) is 5.32 Å². The minimum Gasteiger partial charge on any atom is -0.481 e. The van der Waals surface area contributed by atoms with Crippen LogP contribution in [0, 0.1) is 23.0 Å². The van der Waals surface area contributed by atoms with Crippen molar-refractivity contribution in [3.63, 3.8) is 0 Å². The van der Waals surface area contributed by atoms with Gasteiger partial charge in [-0.2, -0.15) is 0 Å². The van der Waals surface area contributed by atoms with Crippen molar-refractivity contribution >= 4 is 11.9 Å². The first-order chi connectivity index (χ1) is 9.72. The van der Waals surface area contributed by atoms with Crippen molar-refractivity contribution in [1.82, 2.24) is 5.32 Å². The van der Waals surface area contributed by atoms with Crippen molar-refractivity contribution in [3.05, 3.63) is 35.4 Å². The third-order valence-electron chi connectivity index (χ3n) is 3.77. The molecule has 2 atom stereocenters. The highest BCUT2D eigenvalue weighted by Gasteiger charge is 2.45. The molecule has 0 bridgehead atoms. The van der Waals surface area contributed by atoms with E-state index in [1.807, 2.05) is 0 Å². The summed E-state index contributed by atoms with van der Waals surface area (Å²) in [6.45, 7) is 3.01. The first kappa shape index (κ1) is 15.4. The van der Waals surface area contributed by atoms with Gasteiger partial charge in [-0.3, -0.25) is 9.59 Å². The minimum absolute atomic E-state index is 0.00395. The zero-order valence-corrected chi connectivity index (χ0v) is 11.8. The Morgan fingerprint density at radius 3 is 2.67 bits per heavy atom. The summed E-state index contributed by atoms with van der Waals surface area (Å²) in [6.07, 6.45) is 0.444. The lowest BCUT2D eigenvalue weighted by Crippen LogP contribution is -2.39. The van der Waals surface area contributed by atoms with Crippen LogP contribution in [0.3, 0.4) is 0 Å². The van der Waals surface area contributed by atoms with Gasteiger partial charge in [-0.1, -0.05) is 0 Å². The summed E-state index contributed by atoms with van der Waals surface area (Å²) in [5, 5.41) is 11.5. The van der Waals surface area contributed by atoms with E-state index in [9.17, 15) is 18.4 Å². The van der Waals surface area contributed by atoms with Gasteiger partial charge in [-0.15, -0.1) is 0 Å². The Morgan fingerprint density at radius 1 is 1.38 bits per heavy atom. The Kier molecular flexibility index (Phi) is 3.98. The van der Waals surface area contributed by atoms with Gasteiger partial charge in [0.25, 0.3) is 0 Å². The number of carboxylic acids is 1. The smallest absolute Gasteiger partial charge is 0.310 e. The number of amides is 1. The highest BCUT2D eigenvalue weighted by atomic mass is 19.1. The average Bonchev–Trinajstić information content (AvgIpc) is 3.19. The van der Waals surface area contributed by atoms with Crippen LogP contribution in [0.2, 0.25) is 0 Å². The predicted molar refractivity (Wildman–Crippen MR) is 71.6 cm³/mol. The van der Waals surface area contributed by atoms with Gasteiger partial charge in [0.15, 0.2) is 0 Å². The molecule has 4 nitrogen and oxygen atoms in total. The first-order valence-electron chi connectivity index (χ1n) is 6.68. The molecule has 1 amide bonds. The number of rotatable bonds is 5. The molecule has 2 rings (SSSR count). The van der Waals surface area contributed by atoms with E-state index in [-0.39, 0.29) is 23.9 Å².